The molecule has 1 amide bonds. The van der Waals surface area contributed by atoms with Crippen LogP contribution in [0, 0.1) is 13.8 Å². The van der Waals surface area contributed by atoms with Crippen LogP contribution in [0.2, 0.25) is 0 Å². The van der Waals surface area contributed by atoms with Gasteiger partial charge in [-0.3, -0.25) is 4.79 Å². The normalized spacial score (nSPS) is 10.7. The molecule has 1 heterocycles. The molecule has 32 heavy (non-hydrogen) atoms. The third-order valence-electron chi connectivity index (χ3n) is 5.38. The van der Waals surface area contributed by atoms with E-state index in [2.05, 4.69) is 31.1 Å². The second kappa shape index (κ2) is 9.52. The minimum Gasteiger partial charge on any atom is -0.497 e. The first-order chi connectivity index (χ1) is 15.5. The van der Waals surface area contributed by atoms with E-state index >= 15 is 0 Å². The largest absolute Gasteiger partial charge is 0.497 e. The van der Waals surface area contributed by atoms with Crippen molar-refractivity contribution in [2.75, 3.05) is 7.11 Å². The van der Waals surface area contributed by atoms with E-state index in [0.717, 1.165) is 16.7 Å². The molecular formula is C27H26N2O3. The van der Waals surface area contributed by atoms with E-state index in [0.29, 0.717) is 35.9 Å². The molecule has 0 unspecified atom stereocenters. The zero-order valence-corrected chi connectivity index (χ0v) is 18.5. The number of rotatable bonds is 7. The Balaban J connectivity index is 1.62. The van der Waals surface area contributed by atoms with E-state index < -0.39 is 0 Å². The van der Waals surface area contributed by atoms with Crippen molar-refractivity contribution in [1.82, 2.24) is 10.1 Å². The molecule has 1 aromatic heterocycles. The molecule has 0 aliphatic heterocycles. The monoisotopic (exact) mass is 426 g/mol. The molecule has 4 rings (SSSR count). The first kappa shape index (κ1) is 21.4. The maximum atomic E-state index is 13.4. The molecule has 0 bridgehead atoms. The molecule has 5 nitrogen and oxygen atoms in total. The minimum absolute atomic E-state index is 0.0937. The van der Waals surface area contributed by atoms with Crippen LogP contribution in [0.4, 0.5) is 0 Å². The summed E-state index contributed by atoms with van der Waals surface area (Å²) in [4.78, 5) is 15.2. The number of aromatic nitrogens is 1. The summed E-state index contributed by atoms with van der Waals surface area (Å²) in [6, 6.07) is 25.2. The Morgan fingerprint density at radius 2 is 1.75 bits per heavy atom. The third-order valence-corrected chi connectivity index (χ3v) is 5.38. The maximum absolute atomic E-state index is 13.4. The van der Waals surface area contributed by atoms with Crippen LogP contribution < -0.4 is 4.74 Å². The Hall–Kier alpha value is -3.86. The average Bonchev–Trinajstić information content (AvgIpc) is 3.27. The second-order valence-electron chi connectivity index (χ2n) is 7.88. The predicted octanol–water partition coefficient (Wildman–Crippen LogP) is 5.81. The van der Waals surface area contributed by atoms with Gasteiger partial charge in [-0.2, -0.15) is 0 Å². The SMILES string of the molecule is COc1cccc(C(=O)N(Cc2ccccc2)Cc2cc(-c3ccc(C)cc3C)on2)c1. The smallest absolute Gasteiger partial charge is 0.254 e. The number of carbonyl (C=O) groups is 1. The highest BCUT2D eigenvalue weighted by molar-refractivity contribution is 5.94. The number of carbonyl (C=O) groups excluding carboxylic acids is 1. The molecular weight excluding hydrogens is 400 g/mol. The molecule has 4 aromatic rings. The van der Waals surface area contributed by atoms with E-state index in [4.69, 9.17) is 9.26 Å². The van der Waals surface area contributed by atoms with E-state index in [-0.39, 0.29) is 5.91 Å². The number of aryl methyl sites for hydroxylation is 2. The average molecular weight is 427 g/mol. The van der Waals surface area contributed by atoms with Gasteiger partial charge in [-0.1, -0.05) is 65.3 Å². The number of ether oxygens (including phenoxy) is 1. The molecule has 0 radical (unpaired) electrons. The molecule has 0 aliphatic carbocycles. The summed E-state index contributed by atoms with van der Waals surface area (Å²) in [7, 11) is 1.59. The molecule has 0 atom stereocenters. The van der Waals surface area contributed by atoms with Crippen LogP contribution in [-0.4, -0.2) is 23.1 Å². The summed E-state index contributed by atoms with van der Waals surface area (Å²) >= 11 is 0. The van der Waals surface area contributed by atoms with Crippen LogP contribution in [0.3, 0.4) is 0 Å². The van der Waals surface area contributed by atoms with Gasteiger partial charge in [-0.25, -0.2) is 0 Å². The third kappa shape index (κ3) is 4.89. The summed E-state index contributed by atoms with van der Waals surface area (Å²) < 4.78 is 10.9. The molecule has 0 fully saturated rings. The Morgan fingerprint density at radius 3 is 2.50 bits per heavy atom. The summed E-state index contributed by atoms with van der Waals surface area (Å²) in [5.41, 5.74) is 5.64. The minimum atomic E-state index is -0.0937. The number of amides is 1. The van der Waals surface area contributed by atoms with Gasteiger partial charge in [-0.15, -0.1) is 0 Å². The molecule has 3 aromatic carbocycles. The molecule has 162 valence electrons. The fourth-order valence-corrected chi connectivity index (χ4v) is 3.74. The fraction of sp³-hybridized carbons (Fsp3) is 0.185. The Bertz CT molecular complexity index is 1210. The molecule has 0 saturated carbocycles. The van der Waals surface area contributed by atoms with Gasteiger partial charge in [0.25, 0.3) is 5.91 Å². The zero-order valence-electron chi connectivity index (χ0n) is 18.5. The van der Waals surface area contributed by atoms with Gasteiger partial charge in [0.05, 0.1) is 13.7 Å². The lowest BCUT2D eigenvalue weighted by Gasteiger charge is -2.22. The first-order valence-corrected chi connectivity index (χ1v) is 10.5. The van der Waals surface area contributed by atoms with Gasteiger partial charge in [0.15, 0.2) is 5.76 Å². The van der Waals surface area contributed by atoms with Crippen LogP contribution in [0.5, 0.6) is 5.75 Å². The van der Waals surface area contributed by atoms with E-state index in [9.17, 15) is 4.79 Å². The van der Waals surface area contributed by atoms with Gasteiger partial charge in [0.1, 0.15) is 11.4 Å². The molecule has 0 aliphatic rings. The Labute approximate surface area is 188 Å². The van der Waals surface area contributed by atoms with Gasteiger partial charge >= 0.3 is 0 Å². The molecule has 5 heteroatoms. The predicted molar refractivity (Wildman–Crippen MR) is 124 cm³/mol. The van der Waals surface area contributed by atoms with E-state index in [1.54, 1.807) is 24.1 Å². The van der Waals surface area contributed by atoms with Crippen molar-refractivity contribution in [3.8, 4) is 17.1 Å². The number of hydrogen-bond donors (Lipinski definition) is 0. The number of benzene rings is 3. The van der Waals surface area contributed by atoms with Crippen molar-refractivity contribution in [2.24, 2.45) is 0 Å². The van der Waals surface area contributed by atoms with E-state index in [1.165, 1.54) is 5.56 Å². The summed E-state index contributed by atoms with van der Waals surface area (Å²) in [5.74, 6) is 1.25. The standard InChI is InChI=1S/C27H26N2O3/c1-19-12-13-25(20(2)14-19)26-16-23(28-32-26)18-29(17-21-8-5-4-6-9-21)27(30)22-10-7-11-24(15-22)31-3/h4-16H,17-18H2,1-3H3. The Kier molecular flexibility index (Phi) is 6.36. The fourth-order valence-electron chi connectivity index (χ4n) is 3.74. The topological polar surface area (TPSA) is 55.6 Å². The van der Waals surface area contributed by atoms with Crippen LogP contribution in [0.1, 0.15) is 32.7 Å². The van der Waals surface area contributed by atoms with Gasteiger partial charge in [0, 0.05) is 23.7 Å². The molecule has 0 spiro atoms. The number of hydrogen-bond acceptors (Lipinski definition) is 4. The van der Waals surface area contributed by atoms with Crippen molar-refractivity contribution in [3.63, 3.8) is 0 Å². The molecule has 0 saturated heterocycles. The summed E-state index contributed by atoms with van der Waals surface area (Å²) in [5, 5.41) is 4.25. The summed E-state index contributed by atoms with van der Waals surface area (Å²) in [6.07, 6.45) is 0. The van der Waals surface area contributed by atoms with Crippen molar-refractivity contribution in [1.29, 1.82) is 0 Å². The van der Waals surface area contributed by atoms with E-state index in [1.807, 2.05) is 54.6 Å². The maximum Gasteiger partial charge on any atom is 0.254 e. The number of nitrogens with zero attached hydrogens (tertiary/aromatic N) is 2. The van der Waals surface area contributed by atoms with Gasteiger partial charge in [-0.05, 0) is 43.2 Å². The van der Waals surface area contributed by atoms with Crippen LogP contribution >= 0.6 is 0 Å². The van der Waals surface area contributed by atoms with Crippen molar-refractivity contribution >= 4 is 5.91 Å². The first-order valence-electron chi connectivity index (χ1n) is 10.5. The lowest BCUT2D eigenvalue weighted by Crippen LogP contribution is -2.30. The summed E-state index contributed by atoms with van der Waals surface area (Å²) in [6.45, 7) is 4.91. The van der Waals surface area contributed by atoms with Crippen molar-refractivity contribution in [3.05, 3.63) is 107 Å². The quantitative estimate of drug-likeness (QED) is 0.374. The zero-order chi connectivity index (χ0) is 22.5. The van der Waals surface area contributed by atoms with Gasteiger partial charge in [0.2, 0.25) is 0 Å². The lowest BCUT2D eigenvalue weighted by molar-refractivity contribution is 0.0726. The van der Waals surface area contributed by atoms with Crippen LogP contribution in [0.15, 0.2) is 83.4 Å². The van der Waals surface area contributed by atoms with Crippen LogP contribution in [0.25, 0.3) is 11.3 Å². The van der Waals surface area contributed by atoms with Crippen molar-refractivity contribution < 1.29 is 14.1 Å². The van der Waals surface area contributed by atoms with Crippen LogP contribution in [-0.2, 0) is 13.1 Å². The highest BCUT2D eigenvalue weighted by atomic mass is 16.5. The molecule has 0 N–H and O–H groups in total. The second-order valence-corrected chi connectivity index (χ2v) is 7.88. The highest BCUT2D eigenvalue weighted by Crippen LogP contribution is 2.26. The number of methoxy groups -OCH3 is 1. The Morgan fingerprint density at radius 1 is 0.938 bits per heavy atom. The van der Waals surface area contributed by atoms with Gasteiger partial charge < -0.3 is 14.2 Å². The lowest BCUT2D eigenvalue weighted by atomic mass is 10.0. The van der Waals surface area contributed by atoms with Crippen molar-refractivity contribution in [2.45, 2.75) is 26.9 Å². The highest BCUT2D eigenvalue weighted by Gasteiger charge is 2.20.